The Kier molecular flexibility index (Phi) is 7.16. The Morgan fingerprint density at radius 1 is 0.812 bits per heavy atom. The van der Waals surface area contributed by atoms with Gasteiger partial charge in [0.25, 0.3) is 5.56 Å². The molecule has 0 bridgehead atoms. The molecular weight excluding hydrogens is 410 g/mol. The fourth-order valence-electron chi connectivity index (χ4n) is 4.06. The summed E-state index contributed by atoms with van der Waals surface area (Å²) in [6, 6.07) is 12.6. The largest absolute Gasteiger partial charge is 0.378 e. The topological polar surface area (TPSA) is 88.0 Å². The van der Waals surface area contributed by atoms with Crippen LogP contribution >= 0.6 is 0 Å². The van der Waals surface area contributed by atoms with Gasteiger partial charge in [-0.15, -0.1) is 5.10 Å². The number of rotatable bonds is 5. The van der Waals surface area contributed by atoms with Gasteiger partial charge in [0.1, 0.15) is 5.82 Å². The second-order valence-corrected chi connectivity index (χ2v) is 7.99. The molecule has 1 aromatic heterocycles. The van der Waals surface area contributed by atoms with Crippen LogP contribution in [0.2, 0.25) is 0 Å². The summed E-state index contributed by atoms with van der Waals surface area (Å²) in [7, 11) is 0. The number of aromatic nitrogens is 2. The van der Waals surface area contributed by atoms with E-state index in [1.807, 2.05) is 35.2 Å². The average Bonchev–Trinajstić information content (AvgIpc) is 3.10. The Hall–Kier alpha value is -3.20. The molecule has 2 aromatic rings. The van der Waals surface area contributed by atoms with Crippen LogP contribution in [0.5, 0.6) is 0 Å². The highest BCUT2D eigenvalue weighted by molar-refractivity contribution is 5.84. The molecule has 2 aliphatic rings. The fraction of sp³-hybridized carbons (Fsp3) is 0.478. The molecule has 1 aromatic carbocycles. The van der Waals surface area contributed by atoms with E-state index in [0.717, 1.165) is 18.7 Å². The van der Waals surface area contributed by atoms with Crippen LogP contribution in [0, 0.1) is 0 Å². The Morgan fingerprint density at radius 3 is 2.22 bits per heavy atom. The predicted molar refractivity (Wildman–Crippen MR) is 120 cm³/mol. The molecule has 2 saturated heterocycles. The third-order valence-electron chi connectivity index (χ3n) is 5.88. The Balaban J connectivity index is 1.34. The van der Waals surface area contributed by atoms with Crippen LogP contribution in [0.1, 0.15) is 19.3 Å². The molecule has 0 radical (unpaired) electrons. The number of carbonyl (C=O) groups is 2. The van der Waals surface area contributed by atoms with Gasteiger partial charge in [0.05, 0.1) is 18.9 Å². The van der Waals surface area contributed by atoms with Crippen molar-refractivity contribution in [2.24, 2.45) is 0 Å². The average molecular weight is 440 g/mol. The number of nitrogens with zero attached hydrogens (tertiary/aromatic N) is 5. The van der Waals surface area contributed by atoms with E-state index < -0.39 is 0 Å². The second kappa shape index (κ2) is 10.4. The minimum absolute atomic E-state index is 0.00988. The van der Waals surface area contributed by atoms with Gasteiger partial charge in [-0.2, -0.15) is 4.68 Å². The van der Waals surface area contributed by atoms with Crippen LogP contribution in [0.4, 0.5) is 5.82 Å². The summed E-state index contributed by atoms with van der Waals surface area (Å²) in [5.41, 5.74) is 0.535. The minimum Gasteiger partial charge on any atom is -0.378 e. The minimum atomic E-state index is -0.184. The number of amides is 2. The lowest BCUT2D eigenvalue weighted by molar-refractivity contribution is -0.139. The monoisotopic (exact) mass is 439 g/mol. The van der Waals surface area contributed by atoms with Crippen LogP contribution in [-0.4, -0.2) is 83.9 Å². The number of hydrogen-bond acceptors (Lipinski definition) is 6. The van der Waals surface area contributed by atoms with Crippen molar-refractivity contribution in [2.45, 2.75) is 19.3 Å². The van der Waals surface area contributed by atoms with Crippen molar-refractivity contribution < 1.29 is 14.3 Å². The number of carbonyl (C=O) groups excluding carboxylic acids is 2. The maximum Gasteiger partial charge on any atom is 0.271 e. The van der Waals surface area contributed by atoms with E-state index in [-0.39, 0.29) is 30.2 Å². The van der Waals surface area contributed by atoms with E-state index >= 15 is 0 Å². The van der Waals surface area contributed by atoms with Gasteiger partial charge in [0, 0.05) is 58.2 Å². The van der Waals surface area contributed by atoms with Crippen molar-refractivity contribution in [1.29, 1.82) is 0 Å². The molecule has 3 heterocycles. The van der Waals surface area contributed by atoms with Crippen LogP contribution in [0.25, 0.3) is 5.69 Å². The van der Waals surface area contributed by atoms with E-state index in [9.17, 15) is 14.4 Å². The van der Waals surface area contributed by atoms with Crippen molar-refractivity contribution in [3.8, 4) is 5.69 Å². The van der Waals surface area contributed by atoms with Gasteiger partial charge in [0.15, 0.2) is 0 Å². The first-order valence-electron chi connectivity index (χ1n) is 11.2. The lowest BCUT2D eigenvalue weighted by Gasteiger charge is -2.27. The van der Waals surface area contributed by atoms with Gasteiger partial charge in [-0.3, -0.25) is 14.4 Å². The second-order valence-electron chi connectivity index (χ2n) is 7.99. The molecule has 170 valence electrons. The first-order valence-corrected chi connectivity index (χ1v) is 11.2. The van der Waals surface area contributed by atoms with Gasteiger partial charge < -0.3 is 19.4 Å². The van der Waals surface area contributed by atoms with Crippen molar-refractivity contribution in [1.82, 2.24) is 19.6 Å². The van der Waals surface area contributed by atoms with E-state index in [1.54, 1.807) is 11.0 Å². The van der Waals surface area contributed by atoms with Crippen molar-refractivity contribution in [3.63, 3.8) is 0 Å². The normalized spacial score (nSPS) is 17.2. The Bertz CT molecular complexity index is 987. The maximum atomic E-state index is 12.7. The van der Waals surface area contributed by atoms with E-state index in [4.69, 9.17) is 4.74 Å². The predicted octanol–water partition coefficient (Wildman–Crippen LogP) is 0.910. The summed E-state index contributed by atoms with van der Waals surface area (Å²) in [5, 5.41) is 4.56. The van der Waals surface area contributed by atoms with Gasteiger partial charge in [-0.05, 0) is 24.6 Å². The maximum absolute atomic E-state index is 12.7. The number of morpholine rings is 1. The molecule has 4 rings (SSSR count). The summed E-state index contributed by atoms with van der Waals surface area (Å²) in [5.74, 6) is 0.742. The molecular formula is C23H29N5O4. The molecule has 0 atom stereocenters. The molecule has 9 heteroatoms. The number of anilines is 1. The van der Waals surface area contributed by atoms with Gasteiger partial charge >= 0.3 is 0 Å². The molecule has 2 aliphatic heterocycles. The van der Waals surface area contributed by atoms with Crippen molar-refractivity contribution in [2.75, 3.05) is 57.4 Å². The molecule has 0 spiro atoms. The zero-order valence-electron chi connectivity index (χ0n) is 18.2. The lowest BCUT2D eigenvalue weighted by Crippen LogP contribution is -2.41. The highest BCUT2D eigenvalue weighted by Gasteiger charge is 2.23. The summed E-state index contributed by atoms with van der Waals surface area (Å²) >= 11 is 0. The van der Waals surface area contributed by atoms with E-state index in [0.29, 0.717) is 51.8 Å². The zero-order chi connectivity index (χ0) is 22.3. The first-order chi connectivity index (χ1) is 15.6. The molecule has 32 heavy (non-hydrogen) atoms. The molecule has 9 nitrogen and oxygen atoms in total. The molecule has 0 unspecified atom stereocenters. The van der Waals surface area contributed by atoms with Crippen molar-refractivity contribution in [3.05, 3.63) is 52.8 Å². The van der Waals surface area contributed by atoms with Crippen LogP contribution in [0.15, 0.2) is 47.3 Å². The highest BCUT2D eigenvalue weighted by atomic mass is 16.5. The number of para-hydroxylation sites is 1. The van der Waals surface area contributed by atoms with Crippen LogP contribution in [0.3, 0.4) is 0 Å². The number of ether oxygens (including phenoxy) is 1. The van der Waals surface area contributed by atoms with Gasteiger partial charge in [-0.1, -0.05) is 18.2 Å². The molecule has 0 saturated carbocycles. The van der Waals surface area contributed by atoms with Gasteiger partial charge in [0.2, 0.25) is 11.8 Å². The summed E-state index contributed by atoms with van der Waals surface area (Å²) in [6.07, 6.45) is 1.27. The SMILES string of the molecule is O=C(CCC(=O)N1CCCN(c2ccc(=O)n(-c3ccccc3)n2)CC1)N1CCOCC1. The standard InChI is InChI=1S/C23H29N5O4/c29-21(9-10-22(30)27-15-17-32-18-16-27)26-12-4-11-25(13-14-26)20-7-8-23(31)28(24-20)19-5-2-1-3-6-19/h1-3,5-8H,4,9-18H2. The molecule has 0 aliphatic carbocycles. The smallest absolute Gasteiger partial charge is 0.271 e. The Morgan fingerprint density at radius 2 is 1.50 bits per heavy atom. The van der Waals surface area contributed by atoms with E-state index in [2.05, 4.69) is 10.00 Å². The molecule has 0 N–H and O–H groups in total. The van der Waals surface area contributed by atoms with Gasteiger partial charge in [-0.25, -0.2) is 0 Å². The van der Waals surface area contributed by atoms with Crippen molar-refractivity contribution >= 4 is 17.6 Å². The number of hydrogen-bond donors (Lipinski definition) is 0. The van der Waals surface area contributed by atoms with E-state index in [1.165, 1.54) is 10.7 Å². The third-order valence-corrected chi connectivity index (χ3v) is 5.88. The first kappa shape index (κ1) is 22.0. The summed E-state index contributed by atoms with van der Waals surface area (Å²) in [6.45, 7) is 4.92. The van der Waals surface area contributed by atoms with Crippen LogP contribution < -0.4 is 10.5 Å². The highest BCUT2D eigenvalue weighted by Crippen LogP contribution is 2.15. The molecule has 2 fully saturated rings. The summed E-state index contributed by atoms with van der Waals surface area (Å²) in [4.78, 5) is 43.0. The Labute approximate surface area is 187 Å². The molecule has 2 amide bonds. The zero-order valence-corrected chi connectivity index (χ0v) is 18.2. The third kappa shape index (κ3) is 5.34. The quantitative estimate of drug-likeness (QED) is 0.688. The fourth-order valence-corrected chi connectivity index (χ4v) is 4.06. The van der Waals surface area contributed by atoms with Crippen LogP contribution in [-0.2, 0) is 14.3 Å². The summed E-state index contributed by atoms with van der Waals surface area (Å²) < 4.78 is 6.68. The number of benzene rings is 1. The lowest BCUT2D eigenvalue weighted by atomic mass is 10.2.